The van der Waals surface area contributed by atoms with Crippen molar-refractivity contribution in [3.05, 3.63) is 28.9 Å². The van der Waals surface area contributed by atoms with E-state index >= 15 is 0 Å². The quantitative estimate of drug-likeness (QED) is 0.815. The van der Waals surface area contributed by atoms with Crippen LogP contribution in [0.2, 0.25) is 5.02 Å². The second kappa shape index (κ2) is 3.98. The van der Waals surface area contributed by atoms with Gasteiger partial charge < -0.3 is 5.32 Å². The molecular weight excluding hydrogens is 198 g/mol. The Morgan fingerprint density at radius 1 is 1.50 bits per heavy atom. The highest BCUT2D eigenvalue weighted by atomic mass is 35.5. The van der Waals surface area contributed by atoms with E-state index in [0.717, 1.165) is 34.7 Å². The van der Waals surface area contributed by atoms with E-state index in [1.54, 1.807) is 0 Å². The van der Waals surface area contributed by atoms with Crippen molar-refractivity contribution < 1.29 is 0 Å². The molecule has 0 fully saturated rings. The fraction of sp³-hybridized carbons (Fsp3) is 0.300. The summed E-state index contributed by atoms with van der Waals surface area (Å²) in [5.74, 6) is 0. The van der Waals surface area contributed by atoms with E-state index in [1.165, 1.54) is 0 Å². The van der Waals surface area contributed by atoms with Gasteiger partial charge in [-0.1, -0.05) is 18.5 Å². The highest BCUT2D eigenvalue weighted by molar-refractivity contribution is 6.31. The van der Waals surface area contributed by atoms with Gasteiger partial charge in [-0.3, -0.25) is 5.10 Å². The molecule has 0 saturated carbocycles. The minimum atomic E-state index is 0.747. The molecule has 0 atom stereocenters. The van der Waals surface area contributed by atoms with Crippen molar-refractivity contribution in [1.29, 1.82) is 0 Å². The van der Waals surface area contributed by atoms with Gasteiger partial charge in [0.2, 0.25) is 0 Å². The van der Waals surface area contributed by atoms with Crippen molar-refractivity contribution in [1.82, 2.24) is 15.5 Å². The minimum absolute atomic E-state index is 0.747. The van der Waals surface area contributed by atoms with Gasteiger partial charge in [0.1, 0.15) is 0 Å². The zero-order valence-corrected chi connectivity index (χ0v) is 8.73. The molecule has 0 radical (unpaired) electrons. The predicted octanol–water partition coefficient (Wildman–Crippen LogP) is 2.33. The van der Waals surface area contributed by atoms with Crippen LogP contribution in [0.4, 0.5) is 0 Å². The summed E-state index contributed by atoms with van der Waals surface area (Å²) in [6.45, 7) is 3.82. The Hall–Kier alpha value is -1.06. The molecule has 4 heteroatoms. The molecule has 14 heavy (non-hydrogen) atoms. The zero-order chi connectivity index (χ0) is 9.97. The third-order valence-corrected chi connectivity index (χ3v) is 2.38. The monoisotopic (exact) mass is 209 g/mol. The maximum Gasteiger partial charge on any atom is 0.0925 e. The molecule has 0 aliphatic heterocycles. The summed E-state index contributed by atoms with van der Waals surface area (Å²) < 4.78 is 0. The van der Waals surface area contributed by atoms with Gasteiger partial charge in [0.05, 0.1) is 11.2 Å². The van der Waals surface area contributed by atoms with Crippen LogP contribution in [0.1, 0.15) is 12.6 Å². The highest BCUT2D eigenvalue weighted by Crippen LogP contribution is 2.20. The van der Waals surface area contributed by atoms with Crippen LogP contribution in [0.15, 0.2) is 18.2 Å². The number of rotatable bonds is 3. The SMILES string of the molecule is CCNCc1[nH]nc2ccc(Cl)cc12. The van der Waals surface area contributed by atoms with Gasteiger partial charge in [-0.25, -0.2) is 0 Å². The molecular formula is C10H12ClN3. The molecule has 0 amide bonds. The Morgan fingerprint density at radius 2 is 2.36 bits per heavy atom. The Kier molecular flexibility index (Phi) is 2.70. The number of hydrogen-bond donors (Lipinski definition) is 2. The fourth-order valence-electron chi connectivity index (χ4n) is 1.42. The Labute approximate surface area is 87.5 Å². The van der Waals surface area contributed by atoms with Gasteiger partial charge in [-0.05, 0) is 24.7 Å². The molecule has 0 unspecified atom stereocenters. The average Bonchev–Trinajstić information content (AvgIpc) is 2.57. The lowest BCUT2D eigenvalue weighted by Gasteiger charge is -1.98. The maximum absolute atomic E-state index is 5.92. The van der Waals surface area contributed by atoms with Gasteiger partial charge in [-0.15, -0.1) is 0 Å². The van der Waals surface area contributed by atoms with Crippen LogP contribution in [0.5, 0.6) is 0 Å². The first kappa shape index (κ1) is 9.49. The molecule has 1 heterocycles. The molecule has 1 aromatic carbocycles. The van der Waals surface area contributed by atoms with E-state index in [4.69, 9.17) is 11.6 Å². The van der Waals surface area contributed by atoms with Crippen LogP contribution in [-0.4, -0.2) is 16.7 Å². The molecule has 2 aromatic rings. The summed E-state index contributed by atoms with van der Waals surface area (Å²) in [6, 6.07) is 5.71. The number of nitrogens with one attached hydrogen (secondary N) is 2. The third-order valence-electron chi connectivity index (χ3n) is 2.15. The van der Waals surface area contributed by atoms with E-state index < -0.39 is 0 Å². The van der Waals surface area contributed by atoms with Crippen molar-refractivity contribution >= 4 is 22.5 Å². The number of H-pyrrole nitrogens is 1. The summed E-state index contributed by atoms with van der Waals surface area (Å²) >= 11 is 5.92. The summed E-state index contributed by atoms with van der Waals surface area (Å²) in [7, 11) is 0. The summed E-state index contributed by atoms with van der Waals surface area (Å²) in [5.41, 5.74) is 2.05. The smallest absolute Gasteiger partial charge is 0.0925 e. The predicted molar refractivity (Wildman–Crippen MR) is 58.5 cm³/mol. The van der Waals surface area contributed by atoms with Crippen molar-refractivity contribution in [3.8, 4) is 0 Å². The summed E-state index contributed by atoms with van der Waals surface area (Å²) in [5, 5.41) is 12.3. The van der Waals surface area contributed by atoms with E-state index in [9.17, 15) is 0 Å². The van der Waals surface area contributed by atoms with Crippen LogP contribution in [-0.2, 0) is 6.54 Å². The molecule has 0 aliphatic rings. The normalized spacial score (nSPS) is 11.0. The van der Waals surface area contributed by atoms with Crippen LogP contribution < -0.4 is 5.32 Å². The van der Waals surface area contributed by atoms with Crippen molar-refractivity contribution in [2.24, 2.45) is 0 Å². The van der Waals surface area contributed by atoms with Crippen LogP contribution in [0.3, 0.4) is 0 Å². The Bertz CT molecular complexity index is 436. The lowest BCUT2D eigenvalue weighted by molar-refractivity contribution is 0.711. The molecule has 1 aromatic heterocycles. The number of nitrogens with zero attached hydrogens (tertiary/aromatic N) is 1. The first-order chi connectivity index (χ1) is 6.81. The van der Waals surface area contributed by atoms with Gasteiger partial charge in [-0.2, -0.15) is 5.10 Å². The zero-order valence-electron chi connectivity index (χ0n) is 7.97. The molecule has 2 rings (SSSR count). The largest absolute Gasteiger partial charge is 0.311 e. The third kappa shape index (κ3) is 1.74. The number of hydrogen-bond acceptors (Lipinski definition) is 2. The van der Waals surface area contributed by atoms with E-state index in [-0.39, 0.29) is 0 Å². The van der Waals surface area contributed by atoms with Gasteiger partial charge in [0.15, 0.2) is 0 Å². The van der Waals surface area contributed by atoms with Crippen molar-refractivity contribution in [3.63, 3.8) is 0 Å². The van der Waals surface area contributed by atoms with Crippen LogP contribution >= 0.6 is 11.6 Å². The fourth-order valence-corrected chi connectivity index (χ4v) is 1.59. The Balaban J connectivity index is 2.40. The lowest BCUT2D eigenvalue weighted by atomic mass is 10.2. The highest BCUT2D eigenvalue weighted by Gasteiger charge is 2.04. The second-order valence-corrected chi connectivity index (χ2v) is 3.58. The second-order valence-electron chi connectivity index (χ2n) is 3.14. The molecule has 0 aliphatic carbocycles. The van der Waals surface area contributed by atoms with E-state index in [1.807, 2.05) is 18.2 Å². The lowest BCUT2D eigenvalue weighted by Crippen LogP contribution is -2.12. The standard InChI is InChI=1S/C10H12ClN3/c1-2-12-6-10-8-5-7(11)3-4-9(8)13-14-10/h3-5,12H,2,6H2,1H3,(H,13,14). The van der Waals surface area contributed by atoms with Gasteiger partial charge in [0, 0.05) is 17.0 Å². The molecule has 0 saturated heterocycles. The maximum atomic E-state index is 5.92. The molecule has 2 N–H and O–H groups in total. The number of benzene rings is 1. The number of halogens is 1. The topological polar surface area (TPSA) is 40.7 Å². The molecule has 0 spiro atoms. The van der Waals surface area contributed by atoms with Crippen molar-refractivity contribution in [2.45, 2.75) is 13.5 Å². The number of aromatic nitrogens is 2. The van der Waals surface area contributed by atoms with Gasteiger partial charge >= 0.3 is 0 Å². The Morgan fingerprint density at radius 3 is 3.14 bits per heavy atom. The van der Waals surface area contributed by atoms with Crippen LogP contribution in [0, 0.1) is 0 Å². The van der Waals surface area contributed by atoms with E-state index in [0.29, 0.717) is 0 Å². The number of aromatic amines is 1. The molecule has 74 valence electrons. The van der Waals surface area contributed by atoms with E-state index in [2.05, 4.69) is 22.4 Å². The first-order valence-corrected chi connectivity index (χ1v) is 5.02. The number of fused-ring (bicyclic) bond motifs is 1. The van der Waals surface area contributed by atoms with Crippen molar-refractivity contribution in [2.75, 3.05) is 6.54 Å². The molecule has 0 bridgehead atoms. The summed E-state index contributed by atoms with van der Waals surface area (Å²) in [4.78, 5) is 0. The van der Waals surface area contributed by atoms with Gasteiger partial charge in [0.25, 0.3) is 0 Å². The van der Waals surface area contributed by atoms with Crippen LogP contribution in [0.25, 0.3) is 10.9 Å². The summed E-state index contributed by atoms with van der Waals surface area (Å²) in [6.07, 6.45) is 0. The average molecular weight is 210 g/mol. The minimum Gasteiger partial charge on any atom is -0.311 e. The molecule has 3 nitrogen and oxygen atoms in total. The first-order valence-electron chi connectivity index (χ1n) is 4.64.